The Hall–Kier alpha value is -2.46. The topological polar surface area (TPSA) is 60.4 Å². The minimum Gasteiger partial charge on any atom is -0.462 e. The molecule has 5 heteroatoms. The zero-order valence-corrected chi connectivity index (χ0v) is 19.4. The lowest BCUT2D eigenvalue weighted by Crippen LogP contribution is -2.29. The van der Waals surface area contributed by atoms with Crippen molar-refractivity contribution in [1.82, 2.24) is 0 Å². The molecule has 0 unspecified atom stereocenters. The zero-order valence-electron chi connectivity index (χ0n) is 18.7. The molecule has 0 aliphatic heterocycles. The van der Waals surface area contributed by atoms with Crippen LogP contribution in [0.5, 0.6) is 0 Å². The van der Waals surface area contributed by atoms with Gasteiger partial charge in [-0.1, -0.05) is 53.1 Å². The number of allylic oxidation sites excluding steroid dienone is 5. The summed E-state index contributed by atoms with van der Waals surface area (Å²) in [5, 5.41) is 0.491. The Bertz CT molecular complexity index is 926. The van der Waals surface area contributed by atoms with E-state index in [-0.39, 0.29) is 18.0 Å². The first kappa shape index (κ1) is 23.8. The third-order valence-electron chi connectivity index (χ3n) is 4.81. The smallest absolute Gasteiger partial charge is 0.342 e. The number of esters is 1. The van der Waals surface area contributed by atoms with Gasteiger partial charge in [-0.3, -0.25) is 9.59 Å². The van der Waals surface area contributed by atoms with Crippen molar-refractivity contribution < 1.29 is 19.1 Å². The van der Waals surface area contributed by atoms with Crippen molar-refractivity contribution in [3.8, 4) is 0 Å². The molecule has 0 spiro atoms. The average molecular weight is 429 g/mol. The van der Waals surface area contributed by atoms with Gasteiger partial charge >= 0.3 is 5.97 Å². The fraction of sp³-hybridized carbons (Fsp3) is 0.400. The van der Waals surface area contributed by atoms with E-state index >= 15 is 0 Å². The van der Waals surface area contributed by atoms with E-state index in [0.717, 1.165) is 0 Å². The van der Waals surface area contributed by atoms with Gasteiger partial charge in [-0.15, -0.1) is 0 Å². The predicted molar refractivity (Wildman–Crippen MR) is 120 cm³/mol. The second-order valence-corrected chi connectivity index (χ2v) is 9.77. The number of carbonyl (C=O) groups is 3. The Kier molecular flexibility index (Phi) is 6.93. The third-order valence-corrected chi connectivity index (χ3v) is 5.06. The van der Waals surface area contributed by atoms with Gasteiger partial charge in [0.2, 0.25) is 5.78 Å². The van der Waals surface area contributed by atoms with Crippen LogP contribution in [-0.4, -0.2) is 24.1 Å². The Morgan fingerprint density at radius 2 is 1.37 bits per heavy atom. The van der Waals surface area contributed by atoms with Crippen LogP contribution >= 0.6 is 11.6 Å². The van der Waals surface area contributed by atoms with Crippen LogP contribution in [-0.2, 0) is 14.3 Å². The molecule has 0 saturated carbocycles. The summed E-state index contributed by atoms with van der Waals surface area (Å²) in [6.45, 7) is 13.4. The van der Waals surface area contributed by atoms with Gasteiger partial charge in [0, 0.05) is 21.7 Å². The van der Waals surface area contributed by atoms with Gasteiger partial charge in [-0.05, 0) is 59.7 Å². The maximum atomic E-state index is 13.3. The fourth-order valence-electron chi connectivity index (χ4n) is 3.18. The number of ether oxygens (including phenoxy) is 1. The summed E-state index contributed by atoms with van der Waals surface area (Å²) >= 11 is 5.94. The summed E-state index contributed by atoms with van der Waals surface area (Å²) in [4.78, 5) is 39.4. The van der Waals surface area contributed by atoms with E-state index in [1.807, 2.05) is 41.5 Å². The molecule has 4 nitrogen and oxygen atoms in total. The Morgan fingerprint density at radius 1 is 0.900 bits per heavy atom. The normalized spacial score (nSPS) is 14.8. The van der Waals surface area contributed by atoms with Gasteiger partial charge in [0.25, 0.3) is 0 Å². The van der Waals surface area contributed by atoms with Crippen molar-refractivity contribution in [3.63, 3.8) is 0 Å². The molecular weight excluding hydrogens is 400 g/mol. The van der Waals surface area contributed by atoms with E-state index in [1.165, 1.54) is 0 Å². The summed E-state index contributed by atoms with van der Waals surface area (Å²) in [5.74, 6) is -1.25. The molecule has 0 radical (unpaired) electrons. The van der Waals surface area contributed by atoms with E-state index in [9.17, 15) is 14.4 Å². The van der Waals surface area contributed by atoms with Gasteiger partial charge < -0.3 is 4.74 Å². The molecule has 0 heterocycles. The second-order valence-electron chi connectivity index (χ2n) is 9.33. The van der Waals surface area contributed by atoms with Crippen LogP contribution in [0.4, 0.5) is 0 Å². The molecule has 0 atom stereocenters. The second kappa shape index (κ2) is 8.73. The maximum absolute atomic E-state index is 13.3. The summed E-state index contributed by atoms with van der Waals surface area (Å²) in [5.41, 5.74) is 0.805. The fourth-order valence-corrected chi connectivity index (χ4v) is 3.30. The molecule has 1 aromatic rings. The largest absolute Gasteiger partial charge is 0.462 e. The maximum Gasteiger partial charge on any atom is 0.342 e. The molecule has 0 aromatic heterocycles. The van der Waals surface area contributed by atoms with E-state index in [4.69, 9.17) is 16.3 Å². The molecule has 0 N–H and O–H groups in total. The Morgan fingerprint density at radius 3 is 1.77 bits per heavy atom. The first-order valence-electron chi connectivity index (χ1n) is 9.98. The van der Waals surface area contributed by atoms with Crippen molar-refractivity contribution >= 4 is 29.1 Å². The standard InChI is InChI=1S/C25H29ClO4/c1-8-30-23(29)20(21(27)15-9-11-17(26)12-10-15)16-13-18(24(2,3)4)22(28)19(14-16)25(5,6)7/h9-14H,8H2,1-7H3. The summed E-state index contributed by atoms with van der Waals surface area (Å²) < 4.78 is 5.21. The SMILES string of the molecule is CCOC(=O)C(C(=O)c1ccc(Cl)cc1)=C1C=C(C(C)(C)C)C(=O)C(C(C)(C)C)=C1. The van der Waals surface area contributed by atoms with Crippen molar-refractivity contribution in [2.45, 2.75) is 48.5 Å². The van der Waals surface area contributed by atoms with Crippen LogP contribution < -0.4 is 0 Å². The number of benzene rings is 1. The van der Waals surface area contributed by atoms with Gasteiger partial charge in [0.05, 0.1) is 6.61 Å². The number of hydrogen-bond donors (Lipinski definition) is 0. The van der Waals surface area contributed by atoms with Crippen molar-refractivity contribution in [2.24, 2.45) is 10.8 Å². The van der Waals surface area contributed by atoms with Crippen molar-refractivity contribution in [2.75, 3.05) is 6.61 Å². The molecular formula is C25H29ClO4. The first-order chi connectivity index (χ1) is 13.8. The molecule has 1 aromatic carbocycles. The van der Waals surface area contributed by atoms with Crippen LogP contribution in [0.25, 0.3) is 0 Å². The highest BCUT2D eigenvalue weighted by Crippen LogP contribution is 2.40. The van der Waals surface area contributed by atoms with Crippen LogP contribution in [0.15, 0.2) is 58.7 Å². The molecule has 0 fully saturated rings. The first-order valence-corrected chi connectivity index (χ1v) is 10.4. The lowest BCUT2D eigenvalue weighted by Gasteiger charge is -2.31. The van der Waals surface area contributed by atoms with Crippen LogP contribution in [0.3, 0.4) is 0 Å². The summed E-state index contributed by atoms with van der Waals surface area (Å²) in [7, 11) is 0. The number of ketones is 2. The molecule has 0 amide bonds. The van der Waals surface area contributed by atoms with E-state index in [2.05, 4.69) is 0 Å². The lowest BCUT2D eigenvalue weighted by atomic mass is 9.71. The van der Waals surface area contributed by atoms with Crippen LogP contribution in [0.2, 0.25) is 5.02 Å². The molecule has 30 heavy (non-hydrogen) atoms. The summed E-state index contributed by atoms with van der Waals surface area (Å²) in [6, 6.07) is 6.33. The van der Waals surface area contributed by atoms with E-state index < -0.39 is 22.6 Å². The van der Waals surface area contributed by atoms with E-state index in [1.54, 1.807) is 43.3 Å². The minimum absolute atomic E-state index is 0.0686. The molecule has 1 aliphatic rings. The molecule has 160 valence electrons. The quantitative estimate of drug-likeness (QED) is 0.196. The minimum atomic E-state index is -0.712. The highest BCUT2D eigenvalue weighted by molar-refractivity contribution is 6.31. The molecule has 0 bridgehead atoms. The number of halogens is 1. The number of carbonyl (C=O) groups excluding carboxylic acids is 3. The molecule has 1 aliphatic carbocycles. The van der Waals surface area contributed by atoms with E-state index in [0.29, 0.717) is 27.3 Å². The molecule has 0 saturated heterocycles. The van der Waals surface area contributed by atoms with Crippen LogP contribution in [0.1, 0.15) is 58.8 Å². The van der Waals surface area contributed by atoms with Crippen molar-refractivity contribution in [1.29, 1.82) is 0 Å². The van der Waals surface area contributed by atoms with Gasteiger partial charge in [0.15, 0.2) is 5.78 Å². The summed E-state index contributed by atoms with van der Waals surface area (Å²) in [6.07, 6.45) is 3.30. The monoisotopic (exact) mass is 428 g/mol. The Labute approximate surface area is 183 Å². The third kappa shape index (κ3) is 5.17. The average Bonchev–Trinajstić information content (AvgIpc) is 2.61. The van der Waals surface area contributed by atoms with Gasteiger partial charge in [-0.25, -0.2) is 4.79 Å². The van der Waals surface area contributed by atoms with Gasteiger partial charge in [-0.2, -0.15) is 0 Å². The van der Waals surface area contributed by atoms with Gasteiger partial charge in [0.1, 0.15) is 5.57 Å². The highest BCUT2D eigenvalue weighted by atomic mass is 35.5. The number of hydrogen-bond acceptors (Lipinski definition) is 4. The lowest BCUT2D eigenvalue weighted by molar-refractivity contribution is -0.138. The number of rotatable bonds is 4. The highest BCUT2D eigenvalue weighted by Gasteiger charge is 2.36. The molecule has 2 rings (SSSR count). The Balaban J connectivity index is 2.82. The number of Topliss-reactive ketones (excluding diaryl/α,β-unsaturated/α-hetero) is 2. The predicted octanol–water partition coefficient (Wildman–Crippen LogP) is 5.91. The zero-order chi connectivity index (χ0) is 22.9. The van der Waals surface area contributed by atoms with Crippen LogP contribution in [0, 0.1) is 10.8 Å². The van der Waals surface area contributed by atoms with Crippen molar-refractivity contribution in [3.05, 3.63) is 69.3 Å².